The Balaban J connectivity index is 1.90. The number of aromatic nitrogens is 1. The average molecular weight is 374 g/mol. The molecule has 0 saturated carbocycles. The van der Waals surface area contributed by atoms with Gasteiger partial charge in [-0.15, -0.1) is 11.3 Å². The largest absolute Gasteiger partial charge is 0.264 e. The highest BCUT2D eigenvalue weighted by atomic mass is 32.2. The maximum Gasteiger partial charge on any atom is 0.264 e. The van der Waals surface area contributed by atoms with Crippen LogP contribution in [-0.4, -0.2) is 19.9 Å². The Morgan fingerprint density at radius 1 is 1.20 bits per heavy atom. The lowest BCUT2D eigenvalue weighted by Gasteiger charge is -2.24. The predicted molar refractivity (Wildman–Crippen MR) is 96.9 cm³/mol. The van der Waals surface area contributed by atoms with Crippen LogP contribution >= 0.6 is 11.3 Å². The SMILES string of the molecule is Cc1ccc(S(=O)(=O)N2CCc3ccsc3-c3ncc(F)cc32)cc1. The van der Waals surface area contributed by atoms with E-state index >= 15 is 0 Å². The molecule has 0 atom stereocenters. The number of anilines is 1. The lowest BCUT2D eigenvalue weighted by atomic mass is 10.1. The summed E-state index contributed by atoms with van der Waals surface area (Å²) in [6, 6.07) is 9.90. The Morgan fingerprint density at radius 3 is 2.72 bits per heavy atom. The quantitative estimate of drug-likeness (QED) is 0.681. The normalized spacial score (nSPS) is 13.9. The third-order valence-electron chi connectivity index (χ3n) is 4.26. The Labute approximate surface area is 149 Å². The number of pyridine rings is 1. The minimum Gasteiger partial charge on any atom is -0.264 e. The van der Waals surface area contributed by atoms with Crippen molar-refractivity contribution in [3.8, 4) is 10.6 Å². The van der Waals surface area contributed by atoms with Gasteiger partial charge in [-0.1, -0.05) is 17.7 Å². The number of aryl methyl sites for hydroxylation is 1. The molecule has 1 aliphatic rings. The molecule has 2 aromatic heterocycles. The Kier molecular flexibility index (Phi) is 3.85. The van der Waals surface area contributed by atoms with Crippen molar-refractivity contribution in [1.82, 2.24) is 4.98 Å². The fourth-order valence-electron chi connectivity index (χ4n) is 2.96. The van der Waals surface area contributed by atoms with Crippen LogP contribution in [0, 0.1) is 12.7 Å². The molecule has 4 rings (SSSR count). The van der Waals surface area contributed by atoms with Gasteiger partial charge >= 0.3 is 0 Å². The number of rotatable bonds is 2. The van der Waals surface area contributed by atoms with Gasteiger partial charge in [0.15, 0.2) is 0 Å². The zero-order chi connectivity index (χ0) is 17.6. The van der Waals surface area contributed by atoms with Gasteiger partial charge in [-0.05, 0) is 42.5 Å². The van der Waals surface area contributed by atoms with Crippen molar-refractivity contribution in [2.75, 3.05) is 10.8 Å². The summed E-state index contributed by atoms with van der Waals surface area (Å²) in [5, 5.41) is 1.95. The zero-order valence-electron chi connectivity index (χ0n) is 13.4. The molecule has 3 aromatic rings. The summed E-state index contributed by atoms with van der Waals surface area (Å²) in [7, 11) is -3.80. The van der Waals surface area contributed by atoms with Gasteiger partial charge in [0.2, 0.25) is 0 Å². The molecule has 128 valence electrons. The number of benzene rings is 1. The Hall–Kier alpha value is -2.25. The third-order valence-corrected chi connectivity index (χ3v) is 7.05. The van der Waals surface area contributed by atoms with E-state index in [1.54, 1.807) is 24.3 Å². The van der Waals surface area contributed by atoms with Gasteiger partial charge in [0.25, 0.3) is 10.0 Å². The molecule has 1 aliphatic heterocycles. The molecule has 7 heteroatoms. The van der Waals surface area contributed by atoms with E-state index < -0.39 is 15.8 Å². The van der Waals surface area contributed by atoms with E-state index in [0.717, 1.165) is 22.2 Å². The van der Waals surface area contributed by atoms with E-state index in [-0.39, 0.29) is 11.4 Å². The first-order valence-electron chi connectivity index (χ1n) is 7.78. The lowest BCUT2D eigenvalue weighted by Crippen LogP contribution is -2.32. The van der Waals surface area contributed by atoms with Crippen molar-refractivity contribution in [3.63, 3.8) is 0 Å². The van der Waals surface area contributed by atoms with Gasteiger partial charge in [-0.3, -0.25) is 9.29 Å². The summed E-state index contributed by atoms with van der Waals surface area (Å²) < 4.78 is 41.5. The maximum atomic E-state index is 13.9. The molecule has 1 aromatic carbocycles. The second-order valence-electron chi connectivity index (χ2n) is 5.94. The summed E-state index contributed by atoms with van der Waals surface area (Å²) in [5.41, 5.74) is 2.82. The highest BCUT2D eigenvalue weighted by molar-refractivity contribution is 7.92. The van der Waals surface area contributed by atoms with E-state index in [2.05, 4.69) is 4.98 Å². The predicted octanol–water partition coefficient (Wildman–Crippen LogP) is 4.01. The first-order valence-corrected chi connectivity index (χ1v) is 10.1. The number of sulfonamides is 1. The molecular weight excluding hydrogens is 359 g/mol. The fraction of sp³-hybridized carbons (Fsp3) is 0.167. The number of thiophene rings is 1. The van der Waals surface area contributed by atoms with E-state index in [1.165, 1.54) is 21.7 Å². The van der Waals surface area contributed by atoms with Crippen LogP contribution in [0.3, 0.4) is 0 Å². The van der Waals surface area contributed by atoms with Gasteiger partial charge in [0, 0.05) is 12.6 Å². The van der Waals surface area contributed by atoms with Gasteiger partial charge in [-0.2, -0.15) is 0 Å². The van der Waals surface area contributed by atoms with Gasteiger partial charge in [0.1, 0.15) is 11.5 Å². The van der Waals surface area contributed by atoms with Crippen molar-refractivity contribution in [2.24, 2.45) is 0 Å². The van der Waals surface area contributed by atoms with Crippen LogP contribution < -0.4 is 4.31 Å². The Morgan fingerprint density at radius 2 is 1.96 bits per heavy atom. The van der Waals surface area contributed by atoms with Gasteiger partial charge < -0.3 is 0 Å². The van der Waals surface area contributed by atoms with E-state index in [4.69, 9.17) is 0 Å². The lowest BCUT2D eigenvalue weighted by molar-refractivity contribution is 0.590. The Bertz CT molecular complexity index is 1040. The molecular formula is C18H15FN2O2S2. The van der Waals surface area contributed by atoms with E-state index in [9.17, 15) is 12.8 Å². The number of nitrogens with zero attached hydrogens (tertiary/aromatic N) is 2. The highest BCUT2D eigenvalue weighted by Crippen LogP contribution is 2.40. The van der Waals surface area contributed by atoms with E-state index in [0.29, 0.717) is 17.8 Å². The van der Waals surface area contributed by atoms with Crippen LogP contribution in [0.25, 0.3) is 10.6 Å². The van der Waals surface area contributed by atoms with Crippen LogP contribution in [-0.2, 0) is 16.4 Å². The molecule has 0 amide bonds. The molecule has 25 heavy (non-hydrogen) atoms. The number of hydrogen-bond donors (Lipinski definition) is 0. The van der Waals surface area contributed by atoms with Crippen molar-refractivity contribution in [1.29, 1.82) is 0 Å². The molecule has 0 saturated heterocycles. The van der Waals surface area contributed by atoms with Crippen LogP contribution in [0.15, 0.2) is 52.9 Å². The molecule has 3 heterocycles. The van der Waals surface area contributed by atoms with Crippen LogP contribution in [0.5, 0.6) is 0 Å². The molecule has 0 N–H and O–H groups in total. The summed E-state index contributed by atoms with van der Waals surface area (Å²) in [6.45, 7) is 2.15. The van der Waals surface area contributed by atoms with Crippen LogP contribution in [0.2, 0.25) is 0 Å². The van der Waals surface area contributed by atoms with Crippen molar-refractivity contribution >= 4 is 27.0 Å². The smallest absolute Gasteiger partial charge is 0.264 e. The van der Waals surface area contributed by atoms with Gasteiger partial charge in [0.05, 0.1) is 21.7 Å². The minimum atomic E-state index is -3.80. The van der Waals surface area contributed by atoms with E-state index in [1.807, 2.05) is 18.4 Å². The van der Waals surface area contributed by atoms with Crippen molar-refractivity contribution in [3.05, 3.63) is 64.9 Å². The van der Waals surface area contributed by atoms with Crippen molar-refractivity contribution < 1.29 is 12.8 Å². The van der Waals surface area contributed by atoms with Crippen LogP contribution in [0.4, 0.5) is 10.1 Å². The average Bonchev–Trinajstić information content (AvgIpc) is 2.98. The zero-order valence-corrected chi connectivity index (χ0v) is 15.1. The molecule has 0 spiro atoms. The number of halogens is 1. The van der Waals surface area contributed by atoms with Crippen molar-refractivity contribution in [2.45, 2.75) is 18.2 Å². The summed E-state index contributed by atoms with van der Waals surface area (Å²) >= 11 is 1.49. The fourth-order valence-corrected chi connectivity index (χ4v) is 5.39. The topological polar surface area (TPSA) is 50.3 Å². The minimum absolute atomic E-state index is 0.193. The monoisotopic (exact) mass is 374 g/mol. The number of fused-ring (bicyclic) bond motifs is 3. The highest BCUT2D eigenvalue weighted by Gasteiger charge is 2.31. The third kappa shape index (κ3) is 2.73. The molecule has 4 nitrogen and oxygen atoms in total. The molecule has 0 bridgehead atoms. The molecule has 0 radical (unpaired) electrons. The second kappa shape index (κ2) is 5.93. The summed E-state index contributed by atoms with van der Waals surface area (Å²) in [4.78, 5) is 5.29. The standard InChI is InChI=1S/C18H15FN2O2S2/c1-12-2-4-15(5-3-12)25(22,23)21-8-6-13-7-9-24-18(13)17-16(21)10-14(19)11-20-17/h2-5,7,9-11H,6,8H2,1H3. The second-order valence-corrected chi connectivity index (χ2v) is 8.71. The number of hydrogen-bond acceptors (Lipinski definition) is 4. The summed E-state index contributed by atoms with van der Waals surface area (Å²) in [6.07, 6.45) is 1.69. The van der Waals surface area contributed by atoms with Gasteiger partial charge in [-0.25, -0.2) is 12.8 Å². The first-order chi connectivity index (χ1) is 12.0. The molecule has 0 aliphatic carbocycles. The first kappa shape index (κ1) is 16.2. The summed E-state index contributed by atoms with van der Waals surface area (Å²) in [5.74, 6) is -0.553. The molecule has 0 unspecified atom stereocenters. The molecule has 0 fully saturated rings. The van der Waals surface area contributed by atoms with Crippen LogP contribution in [0.1, 0.15) is 11.1 Å². The maximum absolute atomic E-state index is 13.9.